The zero-order valence-electron chi connectivity index (χ0n) is 15.9. The molecule has 0 bridgehead atoms. The third-order valence-corrected chi connectivity index (χ3v) is 5.10. The first-order valence-electron chi connectivity index (χ1n) is 8.90. The van der Waals surface area contributed by atoms with Gasteiger partial charge >= 0.3 is 5.69 Å². The van der Waals surface area contributed by atoms with Crippen LogP contribution in [0.5, 0.6) is 0 Å². The molecule has 1 amide bonds. The first-order chi connectivity index (χ1) is 13.3. The number of aromatic nitrogens is 3. The van der Waals surface area contributed by atoms with Crippen LogP contribution in [0.2, 0.25) is 0 Å². The summed E-state index contributed by atoms with van der Waals surface area (Å²) in [7, 11) is 1.78. The maximum absolute atomic E-state index is 13.4. The monoisotopic (exact) mass is 376 g/mol. The minimum Gasteiger partial charge on any atom is -0.368 e. The van der Waals surface area contributed by atoms with Gasteiger partial charge in [0.1, 0.15) is 12.1 Å². The van der Waals surface area contributed by atoms with Crippen LogP contribution < -0.4 is 17.0 Å². The van der Waals surface area contributed by atoms with E-state index >= 15 is 0 Å². The molecule has 28 heavy (non-hydrogen) atoms. The Balaban J connectivity index is 2.30. The Kier molecular flexibility index (Phi) is 3.96. The normalized spacial score (nSPS) is 11.4. The number of amides is 1. The van der Waals surface area contributed by atoms with E-state index in [0.29, 0.717) is 16.7 Å². The van der Waals surface area contributed by atoms with Gasteiger partial charge in [-0.05, 0) is 37.6 Å². The number of carbonyl (C=O) groups is 1. The third-order valence-electron chi connectivity index (χ3n) is 5.10. The number of fused-ring (bicyclic) bond motifs is 3. The van der Waals surface area contributed by atoms with Gasteiger partial charge in [-0.3, -0.25) is 14.2 Å². The molecule has 0 aliphatic carbocycles. The molecule has 2 aromatic heterocycles. The van der Waals surface area contributed by atoms with Crippen molar-refractivity contribution >= 4 is 27.8 Å². The molecule has 2 heterocycles. The summed E-state index contributed by atoms with van der Waals surface area (Å²) < 4.78 is 4.18. The maximum atomic E-state index is 13.4. The average molecular weight is 376 g/mol. The van der Waals surface area contributed by atoms with Crippen molar-refractivity contribution < 1.29 is 4.79 Å². The smallest absolute Gasteiger partial charge is 0.336 e. The van der Waals surface area contributed by atoms with E-state index in [1.165, 1.54) is 4.57 Å². The van der Waals surface area contributed by atoms with Crippen molar-refractivity contribution in [1.29, 1.82) is 0 Å². The molecule has 7 nitrogen and oxygen atoms in total. The van der Waals surface area contributed by atoms with Crippen LogP contribution >= 0.6 is 0 Å². The maximum Gasteiger partial charge on any atom is 0.336 e. The van der Waals surface area contributed by atoms with Gasteiger partial charge in [-0.2, -0.15) is 0 Å². The van der Waals surface area contributed by atoms with Gasteiger partial charge in [0.15, 0.2) is 0 Å². The van der Waals surface area contributed by atoms with E-state index in [4.69, 9.17) is 5.73 Å². The Bertz CT molecular complexity index is 1390. The molecule has 4 aromatic rings. The fourth-order valence-electron chi connectivity index (χ4n) is 3.80. The number of hydrogen-bond donors (Lipinski definition) is 1. The summed E-state index contributed by atoms with van der Waals surface area (Å²) >= 11 is 0. The van der Waals surface area contributed by atoms with Crippen LogP contribution in [0.15, 0.2) is 52.1 Å². The van der Waals surface area contributed by atoms with E-state index in [2.05, 4.69) is 0 Å². The topological polar surface area (TPSA) is 92.0 Å². The van der Waals surface area contributed by atoms with Crippen LogP contribution in [-0.2, 0) is 18.4 Å². The summed E-state index contributed by atoms with van der Waals surface area (Å²) in [5.74, 6) is -0.650. The molecule has 0 radical (unpaired) electrons. The lowest BCUT2D eigenvalue weighted by molar-refractivity contribution is -0.118. The molecule has 0 aliphatic rings. The van der Waals surface area contributed by atoms with E-state index in [1.54, 1.807) is 23.7 Å². The number of benzene rings is 2. The number of primary amides is 1. The molecule has 2 aromatic carbocycles. The van der Waals surface area contributed by atoms with Gasteiger partial charge in [0.2, 0.25) is 5.91 Å². The predicted molar refractivity (Wildman–Crippen MR) is 109 cm³/mol. The Labute approximate surface area is 160 Å². The van der Waals surface area contributed by atoms with E-state index in [-0.39, 0.29) is 6.54 Å². The Hall–Kier alpha value is -3.61. The summed E-state index contributed by atoms with van der Waals surface area (Å²) in [6.07, 6.45) is 0. The van der Waals surface area contributed by atoms with Crippen molar-refractivity contribution in [2.75, 3.05) is 0 Å². The minimum absolute atomic E-state index is 0.311. The van der Waals surface area contributed by atoms with Gasteiger partial charge in [0.25, 0.3) is 5.56 Å². The zero-order valence-corrected chi connectivity index (χ0v) is 15.9. The molecular weight excluding hydrogens is 356 g/mol. The number of carbonyl (C=O) groups excluding carboxylic acids is 1. The standard InChI is InChI=1S/C21H20N4O3/c1-12-8-9-16-14(10-12)18-19(23(16)3)20(27)25(15-7-5-4-6-13(15)2)21(28)24(18)11-17(22)26/h4-10H,11H2,1-3H3,(H2,22,26). The number of nitrogens with zero attached hydrogens (tertiary/aromatic N) is 3. The Morgan fingerprint density at radius 2 is 1.75 bits per heavy atom. The van der Waals surface area contributed by atoms with Crippen LogP contribution in [0.1, 0.15) is 11.1 Å². The average Bonchev–Trinajstić information content (AvgIpc) is 2.92. The summed E-state index contributed by atoms with van der Waals surface area (Å²) in [6, 6.07) is 12.9. The largest absolute Gasteiger partial charge is 0.368 e. The first-order valence-corrected chi connectivity index (χ1v) is 8.90. The molecule has 0 saturated heterocycles. The lowest BCUT2D eigenvalue weighted by atomic mass is 10.1. The van der Waals surface area contributed by atoms with Crippen molar-refractivity contribution in [3.8, 4) is 5.69 Å². The second kappa shape index (κ2) is 6.23. The van der Waals surface area contributed by atoms with Crippen molar-refractivity contribution in [2.45, 2.75) is 20.4 Å². The summed E-state index contributed by atoms with van der Waals surface area (Å²) in [6.45, 7) is 3.45. The van der Waals surface area contributed by atoms with Gasteiger partial charge in [-0.15, -0.1) is 0 Å². The summed E-state index contributed by atoms with van der Waals surface area (Å²) in [5.41, 5.74) is 8.26. The van der Waals surface area contributed by atoms with Gasteiger partial charge in [0, 0.05) is 12.4 Å². The van der Waals surface area contributed by atoms with E-state index in [0.717, 1.165) is 26.6 Å². The molecular formula is C21H20N4O3. The number of nitrogens with two attached hydrogens (primary N) is 1. The fraction of sp³-hybridized carbons (Fsp3) is 0.190. The molecule has 0 fully saturated rings. The summed E-state index contributed by atoms with van der Waals surface area (Å²) in [4.78, 5) is 38.5. The van der Waals surface area contributed by atoms with Crippen molar-refractivity contribution in [3.63, 3.8) is 0 Å². The second-order valence-corrected chi connectivity index (χ2v) is 7.04. The van der Waals surface area contributed by atoms with Gasteiger partial charge < -0.3 is 10.3 Å². The lowest BCUT2D eigenvalue weighted by Crippen LogP contribution is -2.41. The number of rotatable bonds is 3. The molecule has 142 valence electrons. The lowest BCUT2D eigenvalue weighted by Gasteiger charge is -2.13. The van der Waals surface area contributed by atoms with Gasteiger partial charge in [-0.25, -0.2) is 9.36 Å². The molecule has 0 unspecified atom stereocenters. The van der Waals surface area contributed by atoms with Crippen LogP contribution in [0.3, 0.4) is 0 Å². The highest BCUT2D eigenvalue weighted by Crippen LogP contribution is 2.26. The molecule has 0 saturated carbocycles. The minimum atomic E-state index is -0.650. The van der Waals surface area contributed by atoms with Gasteiger partial charge in [0.05, 0.1) is 16.7 Å². The van der Waals surface area contributed by atoms with Crippen molar-refractivity contribution in [1.82, 2.24) is 13.7 Å². The van der Waals surface area contributed by atoms with Crippen LogP contribution in [0.4, 0.5) is 0 Å². The van der Waals surface area contributed by atoms with Gasteiger partial charge in [-0.1, -0.05) is 29.8 Å². The Morgan fingerprint density at radius 1 is 1.04 bits per heavy atom. The molecule has 0 aliphatic heterocycles. The van der Waals surface area contributed by atoms with Crippen LogP contribution in [0.25, 0.3) is 27.6 Å². The fourth-order valence-corrected chi connectivity index (χ4v) is 3.80. The Morgan fingerprint density at radius 3 is 2.43 bits per heavy atom. The first kappa shape index (κ1) is 17.8. The molecule has 7 heteroatoms. The highest BCUT2D eigenvalue weighted by atomic mass is 16.2. The van der Waals surface area contributed by atoms with E-state index in [1.807, 2.05) is 44.2 Å². The predicted octanol–water partition coefficient (Wildman–Crippen LogP) is 1.75. The van der Waals surface area contributed by atoms with Crippen molar-refractivity contribution in [3.05, 3.63) is 74.4 Å². The van der Waals surface area contributed by atoms with Crippen molar-refractivity contribution in [2.24, 2.45) is 12.8 Å². The number of aryl methyl sites for hydroxylation is 3. The SMILES string of the molecule is Cc1ccc2c(c1)c1c(c(=O)n(-c3ccccc3C)c(=O)n1CC(N)=O)n2C. The number of para-hydroxylation sites is 1. The van der Waals surface area contributed by atoms with E-state index in [9.17, 15) is 14.4 Å². The zero-order chi connectivity index (χ0) is 20.2. The summed E-state index contributed by atoms with van der Waals surface area (Å²) in [5, 5.41) is 0.741. The molecule has 2 N–H and O–H groups in total. The highest BCUT2D eigenvalue weighted by molar-refractivity contribution is 6.06. The second-order valence-electron chi connectivity index (χ2n) is 7.04. The van der Waals surface area contributed by atoms with Crippen LogP contribution in [-0.4, -0.2) is 19.6 Å². The number of hydrogen-bond acceptors (Lipinski definition) is 3. The van der Waals surface area contributed by atoms with Crippen LogP contribution in [0, 0.1) is 13.8 Å². The quantitative estimate of drug-likeness (QED) is 0.590. The highest BCUT2D eigenvalue weighted by Gasteiger charge is 2.22. The molecule has 0 atom stereocenters. The third kappa shape index (κ3) is 2.47. The molecule has 0 spiro atoms. The molecule has 4 rings (SSSR count). The van der Waals surface area contributed by atoms with E-state index < -0.39 is 17.2 Å².